The Hall–Kier alpha value is -0.970. The predicted octanol–water partition coefficient (Wildman–Crippen LogP) is 2.15. The number of ether oxygens (including phenoxy) is 1. The summed E-state index contributed by atoms with van der Waals surface area (Å²) in [6, 6.07) is 0.538. The molecule has 0 radical (unpaired) electrons. The van der Waals surface area contributed by atoms with E-state index in [2.05, 4.69) is 20.2 Å². The molecule has 0 bridgehead atoms. The molecule has 0 unspecified atom stereocenters. The molecule has 0 spiro atoms. The molecule has 5 nitrogen and oxygen atoms in total. The number of rotatable bonds is 6. The molecule has 1 aromatic heterocycles. The van der Waals surface area contributed by atoms with Crippen molar-refractivity contribution in [2.24, 2.45) is 0 Å². The first-order valence-corrected chi connectivity index (χ1v) is 6.67. The van der Waals surface area contributed by atoms with Crippen LogP contribution in [0, 0.1) is 0 Å². The normalized spacial score (nSPS) is 17.5. The van der Waals surface area contributed by atoms with Crippen LogP contribution in [0.5, 0.6) is 0 Å². The van der Waals surface area contributed by atoms with Crippen molar-refractivity contribution in [2.75, 3.05) is 13.7 Å². The summed E-state index contributed by atoms with van der Waals surface area (Å²) in [5, 5.41) is 12.1. The Bertz CT molecular complexity index is 320. The minimum atomic E-state index is 0.538. The second-order valence-corrected chi connectivity index (χ2v) is 4.78. The van der Waals surface area contributed by atoms with Crippen LogP contribution in [0.2, 0.25) is 0 Å². The molecule has 1 aromatic rings. The lowest BCUT2D eigenvalue weighted by Gasteiger charge is -2.22. The fraction of sp³-hybridized carbons (Fsp3) is 0.917. The van der Waals surface area contributed by atoms with Crippen LogP contribution in [0.15, 0.2) is 0 Å². The van der Waals surface area contributed by atoms with Crippen molar-refractivity contribution in [1.82, 2.24) is 20.2 Å². The first kappa shape index (κ1) is 12.5. The quantitative estimate of drug-likeness (QED) is 0.713. The molecule has 1 aliphatic rings. The van der Waals surface area contributed by atoms with Crippen molar-refractivity contribution in [3.8, 4) is 0 Å². The van der Waals surface area contributed by atoms with Crippen molar-refractivity contribution in [2.45, 2.75) is 57.4 Å². The van der Waals surface area contributed by atoms with Gasteiger partial charge < -0.3 is 4.74 Å². The highest BCUT2D eigenvalue weighted by Gasteiger charge is 2.19. The summed E-state index contributed by atoms with van der Waals surface area (Å²) in [4.78, 5) is 0. The summed E-state index contributed by atoms with van der Waals surface area (Å²) >= 11 is 0. The van der Waals surface area contributed by atoms with Gasteiger partial charge in [-0.1, -0.05) is 19.3 Å². The molecule has 0 amide bonds. The largest absolute Gasteiger partial charge is 0.385 e. The SMILES string of the molecule is COCCCCc1nnnn1C1CCCCC1. The minimum absolute atomic E-state index is 0.538. The summed E-state index contributed by atoms with van der Waals surface area (Å²) in [6.45, 7) is 0.824. The Morgan fingerprint density at radius 2 is 2.06 bits per heavy atom. The van der Waals surface area contributed by atoms with Gasteiger partial charge >= 0.3 is 0 Å². The lowest BCUT2D eigenvalue weighted by atomic mass is 9.95. The van der Waals surface area contributed by atoms with Crippen molar-refractivity contribution in [3.63, 3.8) is 0 Å². The number of aromatic nitrogens is 4. The fourth-order valence-corrected chi connectivity index (χ4v) is 2.52. The standard InChI is InChI=1S/C12H22N4O/c1-17-10-6-5-9-12-13-14-15-16(12)11-7-3-2-4-8-11/h11H,2-10H2,1H3. The van der Waals surface area contributed by atoms with Crippen LogP contribution < -0.4 is 0 Å². The summed E-state index contributed by atoms with van der Waals surface area (Å²) in [5.74, 6) is 1.05. The third kappa shape index (κ3) is 3.49. The van der Waals surface area contributed by atoms with E-state index in [1.807, 2.05) is 0 Å². The summed E-state index contributed by atoms with van der Waals surface area (Å²) in [7, 11) is 1.74. The second-order valence-electron chi connectivity index (χ2n) is 4.78. The number of hydrogen-bond donors (Lipinski definition) is 0. The van der Waals surface area contributed by atoms with Crippen LogP contribution in [0.25, 0.3) is 0 Å². The molecule has 2 rings (SSSR count). The maximum absolute atomic E-state index is 5.05. The van der Waals surface area contributed by atoms with Gasteiger partial charge in [-0.3, -0.25) is 0 Å². The molecular weight excluding hydrogens is 216 g/mol. The average molecular weight is 238 g/mol. The molecule has 0 atom stereocenters. The lowest BCUT2D eigenvalue weighted by Crippen LogP contribution is -2.17. The Labute approximate surface area is 103 Å². The van der Waals surface area contributed by atoms with E-state index >= 15 is 0 Å². The third-order valence-electron chi connectivity index (χ3n) is 3.48. The van der Waals surface area contributed by atoms with E-state index in [9.17, 15) is 0 Å². The van der Waals surface area contributed by atoms with Crippen LogP contribution in [-0.2, 0) is 11.2 Å². The van der Waals surface area contributed by atoms with E-state index in [0.717, 1.165) is 31.7 Å². The third-order valence-corrected chi connectivity index (χ3v) is 3.48. The highest BCUT2D eigenvalue weighted by atomic mass is 16.5. The molecule has 5 heteroatoms. The van der Waals surface area contributed by atoms with E-state index in [1.165, 1.54) is 32.1 Å². The smallest absolute Gasteiger partial charge is 0.151 e. The zero-order valence-electron chi connectivity index (χ0n) is 10.6. The fourth-order valence-electron chi connectivity index (χ4n) is 2.52. The van der Waals surface area contributed by atoms with Crippen molar-refractivity contribution >= 4 is 0 Å². The van der Waals surface area contributed by atoms with E-state index in [0.29, 0.717) is 6.04 Å². The van der Waals surface area contributed by atoms with Gasteiger partial charge in [0.2, 0.25) is 0 Å². The van der Waals surface area contributed by atoms with Gasteiger partial charge in [-0.2, -0.15) is 0 Å². The number of nitrogens with zero attached hydrogens (tertiary/aromatic N) is 4. The number of methoxy groups -OCH3 is 1. The van der Waals surface area contributed by atoms with E-state index in [1.54, 1.807) is 7.11 Å². The number of aryl methyl sites for hydroxylation is 1. The molecule has 0 aromatic carbocycles. The highest BCUT2D eigenvalue weighted by molar-refractivity contribution is 4.86. The van der Waals surface area contributed by atoms with Crippen LogP contribution in [0.3, 0.4) is 0 Å². The molecule has 0 N–H and O–H groups in total. The van der Waals surface area contributed by atoms with Gasteiger partial charge in [0.25, 0.3) is 0 Å². The second kappa shape index (κ2) is 6.69. The number of hydrogen-bond acceptors (Lipinski definition) is 4. The maximum Gasteiger partial charge on any atom is 0.151 e. The van der Waals surface area contributed by atoms with Gasteiger partial charge in [0.05, 0.1) is 6.04 Å². The summed E-state index contributed by atoms with van der Waals surface area (Å²) < 4.78 is 7.11. The first-order chi connectivity index (χ1) is 8.42. The van der Waals surface area contributed by atoms with Crippen LogP contribution in [-0.4, -0.2) is 33.9 Å². The molecule has 17 heavy (non-hydrogen) atoms. The Morgan fingerprint density at radius 1 is 1.24 bits per heavy atom. The van der Waals surface area contributed by atoms with E-state index in [-0.39, 0.29) is 0 Å². The van der Waals surface area contributed by atoms with Gasteiger partial charge in [0, 0.05) is 20.1 Å². The molecule has 96 valence electrons. The van der Waals surface area contributed by atoms with Crippen LogP contribution >= 0.6 is 0 Å². The average Bonchev–Trinajstić information content (AvgIpc) is 2.84. The van der Waals surface area contributed by atoms with Gasteiger partial charge in [-0.25, -0.2) is 4.68 Å². The van der Waals surface area contributed by atoms with Gasteiger partial charge in [0.1, 0.15) is 0 Å². The Morgan fingerprint density at radius 3 is 2.82 bits per heavy atom. The zero-order chi connectivity index (χ0) is 11.9. The number of tetrazole rings is 1. The maximum atomic E-state index is 5.05. The zero-order valence-corrected chi connectivity index (χ0v) is 10.6. The van der Waals surface area contributed by atoms with Crippen molar-refractivity contribution in [3.05, 3.63) is 5.82 Å². The van der Waals surface area contributed by atoms with E-state index < -0.39 is 0 Å². The summed E-state index contributed by atoms with van der Waals surface area (Å²) in [6.07, 6.45) is 9.59. The Kier molecular flexibility index (Phi) is 4.91. The first-order valence-electron chi connectivity index (χ1n) is 6.67. The molecule has 0 aliphatic heterocycles. The molecule has 1 fully saturated rings. The van der Waals surface area contributed by atoms with Crippen molar-refractivity contribution < 1.29 is 4.74 Å². The Balaban J connectivity index is 1.87. The molecule has 0 saturated heterocycles. The topological polar surface area (TPSA) is 52.8 Å². The van der Waals surface area contributed by atoms with Gasteiger partial charge in [-0.05, 0) is 36.1 Å². The molecule has 1 aliphatic carbocycles. The summed E-state index contributed by atoms with van der Waals surface area (Å²) in [5.41, 5.74) is 0. The number of unbranched alkanes of at least 4 members (excludes halogenated alkanes) is 1. The highest BCUT2D eigenvalue weighted by Crippen LogP contribution is 2.27. The molecule has 1 heterocycles. The molecule has 1 saturated carbocycles. The van der Waals surface area contributed by atoms with Crippen molar-refractivity contribution in [1.29, 1.82) is 0 Å². The lowest BCUT2D eigenvalue weighted by molar-refractivity contribution is 0.192. The van der Waals surface area contributed by atoms with Crippen LogP contribution in [0.1, 0.15) is 56.8 Å². The van der Waals surface area contributed by atoms with E-state index in [4.69, 9.17) is 4.74 Å². The monoisotopic (exact) mass is 238 g/mol. The molecular formula is C12H22N4O. The van der Waals surface area contributed by atoms with Gasteiger partial charge in [0.15, 0.2) is 5.82 Å². The predicted molar refractivity (Wildman–Crippen MR) is 64.8 cm³/mol. The van der Waals surface area contributed by atoms with Gasteiger partial charge in [-0.15, -0.1) is 5.10 Å². The van der Waals surface area contributed by atoms with Crippen LogP contribution in [0.4, 0.5) is 0 Å². The minimum Gasteiger partial charge on any atom is -0.385 e.